The van der Waals surface area contributed by atoms with E-state index in [1.807, 2.05) is 5.43 Å². The van der Waals surface area contributed by atoms with Crippen LogP contribution in [-0.4, -0.2) is 14.3 Å². The van der Waals surface area contributed by atoms with E-state index in [9.17, 15) is 26.4 Å². The molecule has 1 aromatic carbocycles. The van der Waals surface area contributed by atoms with Crippen molar-refractivity contribution in [2.24, 2.45) is 5.92 Å². The van der Waals surface area contributed by atoms with E-state index in [4.69, 9.17) is 11.6 Å². The van der Waals surface area contributed by atoms with Crippen LogP contribution in [0.25, 0.3) is 0 Å². The molecule has 0 saturated heterocycles. The fraction of sp³-hybridized carbons (Fsp3) is 0.364. The summed E-state index contributed by atoms with van der Waals surface area (Å²) in [6.07, 6.45) is -3.46. The van der Waals surface area contributed by atoms with Crippen LogP contribution in [0.15, 0.2) is 23.1 Å². The molecule has 0 spiro atoms. The quantitative estimate of drug-likeness (QED) is 0.823. The lowest BCUT2D eigenvalue weighted by Crippen LogP contribution is -2.42. The molecule has 0 bridgehead atoms. The highest BCUT2D eigenvalue weighted by Gasteiger charge is 2.35. The highest BCUT2D eigenvalue weighted by Crippen LogP contribution is 2.35. The smallest absolute Gasteiger partial charge is 0.277 e. The number of carbonyl (C=O) groups is 1. The molecule has 0 unspecified atom stereocenters. The Morgan fingerprint density at radius 2 is 1.90 bits per heavy atom. The molecular formula is C11H10ClF3N2O3S. The van der Waals surface area contributed by atoms with Crippen LogP contribution in [0.3, 0.4) is 0 Å². The van der Waals surface area contributed by atoms with Gasteiger partial charge in [-0.2, -0.15) is 13.2 Å². The molecule has 0 aliphatic heterocycles. The van der Waals surface area contributed by atoms with Gasteiger partial charge in [0.05, 0.1) is 15.5 Å². The minimum absolute atomic E-state index is 0.247. The number of hydrogen-bond donors (Lipinski definition) is 2. The summed E-state index contributed by atoms with van der Waals surface area (Å²) in [6, 6.07) is 2.17. The fourth-order valence-corrected chi connectivity index (χ4v) is 2.61. The molecule has 5 nitrogen and oxygen atoms in total. The molecular weight excluding hydrogens is 333 g/mol. The van der Waals surface area contributed by atoms with Crippen molar-refractivity contribution in [2.75, 3.05) is 0 Å². The second-order valence-corrected chi connectivity index (χ2v) is 6.60. The van der Waals surface area contributed by atoms with Gasteiger partial charge in [0.1, 0.15) is 0 Å². The maximum Gasteiger partial charge on any atom is 0.417 e. The van der Waals surface area contributed by atoms with Crippen LogP contribution in [-0.2, 0) is 21.0 Å². The third kappa shape index (κ3) is 3.86. The van der Waals surface area contributed by atoms with Gasteiger partial charge in [-0.15, -0.1) is 4.83 Å². The molecule has 2 N–H and O–H groups in total. The zero-order chi connectivity index (χ0) is 15.8. The first-order chi connectivity index (χ1) is 9.61. The summed E-state index contributed by atoms with van der Waals surface area (Å²) >= 11 is 5.40. The van der Waals surface area contributed by atoms with Crippen LogP contribution in [0.1, 0.15) is 18.4 Å². The van der Waals surface area contributed by atoms with Gasteiger partial charge in [0.15, 0.2) is 0 Å². The summed E-state index contributed by atoms with van der Waals surface area (Å²) in [4.78, 5) is 12.4. The van der Waals surface area contributed by atoms with Crippen LogP contribution in [0.5, 0.6) is 0 Å². The van der Waals surface area contributed by atoms with Gasteiger partial charge in [-0.25, -0.2) is 8.42 Å². The summed E-state index contributed by atoms with van der Waals surface area (Å²) in [6.45, 7) is 0. The summed E-state index contributed by atoms with van der Waals surface area (Å²) in [5.74, 6) is -0.757. The molecule has 1 fully saturated rings. The molecule has 1 aromatic rings. The van der Waals surface area contributed by atoms with Crippen LogP contribution in [0.4, 0.5) is 13.2 Å². The monoisotopic (exact) mass is 342 g/mol. The Kier molecular flexibility index (Phi) is 4.18. The first-order valence-electron chi connectivity index (χ1n) is 5.79. The predicted octanol–water partition coefficient (Wildman–Crippen LogP) is 2.08. The molecule has 1 aliphatic carbocycles. The molecule has 1 amide bonds. The number of hydrazine groups is 1. The molecule has 0 atom stereocenters. The highest BCUT2D eigenvalue weighted by atomic mass is 35.5. The number of sulfonamides is 1. The number of alkyl halides is 3. The van der Waals surface area contributed by atoms with E-state index < -0.39 is 37.6 Å². The molecule has 2 rings (SSSR count). The molecule has 0 aromatic heterocycles. The number of amides is 1. The van der Waals surface area contributed by atoms with Crippen LogP contribution < -0.4 is 10.3 Å². The van der Waals surface area contributed by atoms with Crippen molar-refractivity contribution < 1.29 is 26.4 Å². The van der Waals surface area contributed by atoms with Crippen molar-refractivity contribution in [1.82, 2.24) is 10.3 Å². The lowest BCUT2D eigenvalue weighted by atomic mass is 10.2. The maximum atomic E-state index is 12.7. The van der Waals surface area contributed by atoms with Crippen LogP contribution >= 0.6 is 11.6 Å². The number of rotatable bonds is 4. The normalized spacial score (nSPS) is 15.8. The van der Waals surface area contributed by atoms with Crippen molar-refractivity contribution >= 4 is 27.5 Å². The summed E-state index contributed by atoms with van der Waals surface area (Å²) in [7, 11) is -4.30. The van der Waals surface area contributed by atoms with Gasteiger partial charge in [-0.1, -0.05) is 11.6 Å². The Bertz CT molecular complexity index is 672. The zero-order valence-electron chi connectivity index (χ0n) is 10.4. The Morgan fingerprint density at radius 1 is 1.29 bits per heavy atom. The van der Waals surface area contributed by atoms with E-state index in [0.717, 1.165) is 12.1 Å². The highest BCUT2D eigenvalue weighted by molar-refractivity contribution is 7.89. The minimum atomic E-state index is -4.78. The third-order valence-electron chi connectivity index (χ3n) is 2.81. The lowest BCUT2D eigenvalue weighted by molar-refractivity contribution is -0.137. The average Bonchev–Trinajstić information content (AvgIpc) is 3.19. The summed E-state index contributed by atoms with van der Waals surface area (Å²) in [5.41, 5.74) is 0.702. The molecule has 1 aliphatic rings. The predicted molar refractivity (Wildman–Crippen MR) is 67.6 cm³/mol. The van der Waals surface area contributed by atoms with E-state index >= 15 is 0 Å². The van der Waals surface area contributed by atoms with E-state index in [2.05, 4.69) is 0 Å². The molecule has 0 radical (unpaired) electrons. The first-order valence-corrected chi connectivity index (χ1v) is 7.66. The van der Waals surface area contributed by atoms with Crippen molar-refractivity contribution in [1.29, 1.82) is 0 Å². The van der Waals surface area contributed by atoms with Crippen molar-refractivity contribution in [3.63, 3.8) is 0 Å². The second kappa shape index (κ2) is 5.47. The number of nitrogens with one attached hydrogen (secondary N) is 2. The molecule has 10 heteroatoms. The molecule has 1 saturated carbocycles. The Labute approximate surface area is 123 Å². The lowest BCUT2D eigenvalue weighted by Gasteiger charge is -2.12. The third-order valence-corrected chi connectivity index (χ3v) is 4.39. The van der Waals surface area contributed by atoms with Gasteiger partial charge >= 0.3 is 6.18 Å². The molecule has 0 heterocycles. The number of carbonyl (C=O) groups excluding carboxylic acids is 1. The van der Waals surface area contributed by atoms with Gasteiger partial charge in [0.25, 0.3) is 10.0 Å². The van der Waals surface area contributed by atoms with Gasteiger partial charge in [-0.3, -0.25) is 10.2 Å². The Hall–Kier alpha value is -1.32. The SMILES string of the molecule is O=C(NNS(=O)(=O)c1ccc(Cl)c(C(F)(F)F)c1)C1CC1. The van der Waals surface area contributed by atoms with Crippen molar-refractivity contribution in [2.45, 2.75) is 23.9 Å². The van der Waals surface area contributed by atoms with Gasteiger partial charge in [-0.05, 0) is 31.0 Å². The minimum Gasteiger partial charge on any atom is -0.277 e. The Morgan fingerprint density at radius 3 is 2.43 bits per heavy atom. The maximum absolute atomic E-state index is 12.7. The number of halogens is 4. The van der Waals surface area contributed by atoms with Crippen LogP contribution in [0, 0.1) is 5.92 Å². The molecule has 21 heavy (non-hydrogen) atoms. The standard InChI is InChI=1S/C11H10ClF3N2O3S/c12-9-4-3-7(5-8(9)11(13,14)15)21(19,20)17-16-10(18)6-1-2-6/h3-6,17H,1-2H2,(H,16,18). The first kappa shape index (κ1) is 16.1. The van der Waals surface area contributed by atoms with Gasteiger partial charge in [0.2, 0.25) is 5.91 Å². The van der Waals surface area contributed by atoms with E-state index in [1.165, 1.54) is 0 Å². The topological polar surface area (TPSA) is 75.3 Å². The number of benzene rings is 1. The fourth-order valence-electron chi connectivity index (χ4n) is 1.51. The summed E-state index contributed by atoms with van der Waals surface area (Å²) < 4.78 is 61.7. The average molecular weight is 343 g/mol. The molecule has 116 valence electrons. The van der Waals surface area contributed by atoms with E-state index in [0.29, 0.717) is 18.9 Å². The number of hydrogen-bond acceptors (Lipinski definition) is 3. The van der Waals surface area contributed by atoms with E-state index in [-0.39, 0.29) is 5.92 Å². The van der Waals surface area contributed by atoms with Gasteiger partial charge < -0.3 is 0 Å². The largest absolute Gasteiger partial charge is 0.417 e. The van der Waals surface area contributed by atoms with E-state index in [1.54, 1.807) is 4.83 Å². The van der Waals surface area contributed by atoms with Crippen molar-refractivity contribution in [3.05, 3.63) is 28.8 Å². The Balaban J connectivity index is 2.21. The van der Waals surface area contributed by atoms with Gasteiger partial charge in [0, 0.05) is 5.92 Å². The van der Waals surface area contributed by atoms with Crippen molar-refractivity contribution in [3.8, 4) is 0 Å². The summed E-state index contributed by atoms with van der Waals surface area (Å²) in [5, 5.41) is -0.608. The van der Waals surface area contributed by atoms with Crippen LogP contribution in [0.2, 0.25) is 5.02 Å². The second-order valence-electron chi connectivity index (χ2n) is 4.51. The zero-order valence-corrected chi connectivity index (χ0v) is 11.9.